The Labute approximate surface area is 146 Å². The van der Waals surface area contributed by atoms with E-state index < -0.39 is 6.09 Å². The Kier molecular flexibility index (Phi) is 5.37. The van der Waals surface area contributed by atoms with Gasteiger partial charge in [-0.15, -0.1) is 0 Å². The Balaban J connectivity index is 1.84. The quantitative estimate of drug-likeness (QED) is 0.841. The highest BCUT2D eigenvalue weighted by Crippen LogP contribution is 2.30. The SMILES string of the molecule is CCOC(=O)N/N=C1\CCCc2oc(C(=O)N3CCOCC3)c(C)c21. The molecule has 1 N–H and O–H groups in total. The predicted octanol–water partition coefficient (Wildman–Crippen LogP) is 1.85. The lowest BCUT2D eigenvalue weighted by molar-refractivity contribution is 0.0281. The van der Waals surface area contributed by atoms with E-state index in [-0.39, 0.29) is 12.5 Å². The van der Waals surface area contributed by atoms with Crippen LogP contribution in [-0.4, -0.2) is 55.5 Å². The highest BCUT2D eigenvalue weighted by molar-refractivity contribution is 6.06. The van der Waals surface area contributed by atoms with Crippen LogP contribution in [0.5, 0.6) is 0 Å². The number of ether oxygens (including phenoxy) is 2. The molecular formula is C17H23N3O5. The van der Waals surface area contributed by atoms with Gasteiger partial charge in [0.15, 0.2) is 5.76 Å². The van der Waals surface area contributed by atoms with Crippen LogP contribution in [0.15, 0.2) is 9.52 Å². The van der Waals surface area contributed by atoms with Crippen molar-refractivity contribution >= 4 is 17.7 Å². The molecule has 8 heteroatoms. The summed E-state index contributed by atoms with van der Waals surface area (Å²) < 4.78 is 16.0. The monoisotopic (exact) mass is 349 g/mol. The van der Waals surface area contributed by atoms with Crippen LogP contribution in [0, 0.1) is 6.92 Å². The third-order valence-corrected chi connectivity index (χ3v) is 4.38. The lowest BCUT2D eigenvalue weighted by atomic mass is 9.93. The lowest BCUT2D eigenvalue weighted by Crippen LogP contribution is -2.40. The fraction of sp³-hybridized carbons (Fsp3) is 0.588. The van der Waals surface area contributed by atoms with E-state index in [2.05, 4.69) is 10.5 Å². The molecule has 1 aromatic rings. The van der Waals surface area contributed by atoms with Crippen molar-refractivity contribution in [1.82, 2.24) is 10.3 Å². The van der Waals surface area contributed by atoms with Crippen molar-refractivity contribution in [2.45, 2.75) is 33.1 Å². The Morgan fingerprint density at radius 3 is 2.76 bits per heavy atom. The van der Waals surface area contributed by atoms with Gasteiger partial charge in [-0.2, -0.15) is 5.10 Å². The van der Waals surface area contributed by atoms with Crippen molar-refractivity contribution in [2.75, 3.05) is 32.9 Å². The van der Waals surface area contributed by atoms with Crippen molar-refractivity contribution in [2.24, 2.45) is 5.10 Å². The third kappa shape index (κ3) is 3.68. The first kappa shape index (κ1) is 17.5. The van der Waals surface area contributed by atoms with Gasteiger partial charge >= 0.3 is 6.09 Å². The molecule has 0 bridgehead atoms. The van der Waals surface area contributed by atoms with Crippen molar-refractivity contribution in [3.05, 3.63) is 22.6 Å². The van der Waals surface area contributed by atoms with E-state index in [1.54, 1.807) is 11.8 Å². The Morgan fingerprint density at radius 2 is 2.04 bits per heavy atom. The highest BCUT2D eigenvalue weighted by atomic mass is 16.5. The minimum absolute atomic E-state index is 0.118. The van der Waals surface area contributed by atoms with Gasteiger partial charge in [0.2, 0.25) is 0 Å². The predicted molar refractivity (Wildman–Crippen MR) is 89.8 cm³/mol. The summed E-state index contributed by atoms with van der Waals surface area (Å²) in [6.45, 7) is 6.09. The van der Waals surface area contributed by atoms with Crippen molar-refractivity contribution < 1.29 is 23.5 Å². The Hall–Kier alpha value is -2.35. The van der Waals surface area contributed by atoms with Crippen molar-refractivity contribution in [3.63, 3.8) is 0 Å². The molecule has 0 atom stereocenters. The molecule has 1 aromatic heterocycles. The van der Waals surface area contributed by atoms with Crippen molar-refractivity contribution in [1.29, 1.82) is 0 Å². The summed E-state index contributed by atoms with van der Waals surface area (Å²) in [6, 6.07) is 0. The van der Waals surface area contributed by atoms with E-state index in [0.29, 0.717) is 38.5 Å². The summed E-state index contributed by atoms with van der Waals surface area (Å²) in [5, 5.41) is 4.18. The summed E-state index contributed by atoms with van der Waals surface area (Å²) in [6.07, 6.45) is 1.73. The molecular weight excluding hydrogens is 326 g/mol. The molecule has 0 saturated carbocycles. The van der Waals surface area contributed by atoms with Gasteiger partial charge in [-0.05, 0) is 26.7 Å². The number of nitrogens with zero attached hydrogens (tertiary/aromatic N) is 2. The molecule has 1 fully saturated rings. The first-order chi connectivity index (χ1) is 12.1. The number of carbonyl (C=O) groups excluding carboxylic acids is 2. The maximum atomic E-state index is 12.7. The van der Waals surface area contributed by atoms with Crippen LogP contribution in [-0.2, 0) is 15.9 Å². The molecule has 1 saturated heterocycles. The third-order valence-electron chi connectivity index (χ3n) is 4.38. The van der Waals surface area contributed by atoms with Gasteiger partial charge in [0.1, 0.15) is 5.76 Å². The van der Waals surface area contributed by atoms with Crippen LogP contribution < -0.4 is 5.43 Å². The zero-order chi connectivity index (χ0) is 17.8. The fourth-order valence-corrected chi connectivity index (χ4v) is 3.17. The number of fused-ring (bicyclic) bond motifs is 1. The number of rotatable bonds is 3. The average molecular weight is 349 g/mol. The van der Waals surface area contributed by atoms with Gasteiger partial charge < -0.3 is 18.8 Å². The number of nitrogens with one attached hydrogen (secondary N) is 1. The second kappa shape index (κ2) is 7.69. The number of aryl methyl sites for hydroxylation is 1. The van der Waals surface area contributed by atoms with E-state index in [9.17, 15) is 9.59 Å². The molecule has 0 unspecified atom stereocenters. The molecule has 1 aliphatic heterocycles. The first-order valence-corrected chi connectivity index (χ1v) is 8.60. The maximum absolute atomic E-state index is 12.7. The number of hydrazone groups is 1. The fourth-order valence-electron chi connectivity index (χ4n) is 3.17. The number of furan rings is 1. The number of hydrogen-bond donors (Lipinski definition) is 1. The van der Waals surface area contributed by atoms with Crippen LogP contribution in [0.25, 0.3) is 0 Å². The van der Waals surface area contributed by atoms with E-state index in [1.807, 2.05) is 6.92 Å². The Bertz CT molecular complexity index is 689. The summed E-state index contributed by atoms with van der Waals surface area (Å²) in [4.78, 5) is 26.0. The summed E-state index contributed by atoms with van der Waals surface area (Å²) in [5.41, 5.74) is 4.72. The van der Waals surface area contributed by atoms with Crippen LogP contribution in [0.3, 0.4) is 0 Å². The average Bonchev–Trinajstić information content (AvgIpc) is 2.98. The summed E-state index contributed by atoms with van der Waals surface area (Å²) in [7, 11) is 0. The normalized spacial score (nSPS) is 18.8. The zero-order valence-corrected chi connectivity index (χ0v) is 14.6. The molecule has 3 rings (SSSR count). The number of carbonyl (C=O) groups is 2. The minimum Gasteiger partial charge on any atom is -0.455 e. The summed E-state index contributed by atoms with van der Waals surface area (Å²) >= 11 is 0. The largest absolute Gasteiger partial charge is 0.455 e. The molecule has 0 radical (unpaired) electrons. The molecule has 1 aliphatic carbocycles. The second-order valence-electron chi connectivity index (χ2n) is 6.00. The van der Waals surface area contributed by atoms with Crippen molar-refractivity contribution in [3.8, 4) is 0 Å². The van der Waals surface area contributed by atoms with Gasteiger partial charge in [0, 0.05) is 30.6 Å². The Morgan fingerprint density at radius 1 is 1.28 bits per heavy atom. The van der Waals surface area contributed by atoms with E-state index >= 15 is 0 Å². The summed E-state index contributed by atoms with van der Waals surface area (Å²) in [5.74, 6) is 0.996. The molecule has 2 heterocycles. The van der Waals surface area contributed by atoms with E-state index in [0.717, 1.165) is 35.4 Å². The van der Waals surface area contributed by atoms with Gasteiger partial charge in [0.05, 0.1) is 25.5 Å². The van der Waals surface area contributed by atoms with Crippen LogP contribution >= 0.6 is 0 Å². The van der Waals surface area contributed by atoms with E-state index in [1.165, 1.54) is 0 Å². The molecule has 25 heavy (non-hydrogen) atoms. The lowest BCUT2D eigenvalue weighted by Gasteiger charge is -2.26. The standard InChI is InChI=1S/C17H23N3O5/c1-3-24-17(22)19-18-12-5-4-6-13-14(12)11(2)15(25-13)16(21)20-7-9-23-10-8-20/h3-10H2,1-2H3,(H,19,22)/b18-12+. The topological polar surface area (TPSA) is 93.4 Å². The molecule has 136 valence electrons. The number of morpholine rings is 1. The molecule has 0 spiro atoms. The molecule has 8 nitrogen and oxygen atoms in total. The highest BCUT2D eigenvalue weighted by Gasteiger charge is 2.30. The van der Waals surface area contributed by atoms with Crippen LogP contribution in [0.2, 0.25) is 0 Å². The van der Waals surface area contributed by atoms with Crippen LogP contribution in [0.4, 0.5) is 4.79 Å². The van der Waals surface area contributed by atoms with E-state index in [4.69, 9.17) is 13.9 Å². The van der Waals surface area contributed by atoms with Crippen LogP contribution in [0.1, 0.15) is 47.2 Å². The second-order valence-corrected chi connectivity index (χ2v) is 6.00. The van der Waals surface area contributed by atoms with Gasteiger partial charge in [0.25, 0.3) is 5.91 Å². The van der Waals surface area contributed by atoms with Gasteiger partial charge in [-0.1, -0.05) is 0 Å². The zero-order valence-electron chi connectivity index (χ0n) is 14.6. The molecule has 2 amide bonds. The minimum atomic E-state index is -0.590. The van der Waals surface area contributed by atoms with Gasteiger partial charge in [-0.25, -0.2) is 10.2 Å². The number of amides is 2. The molecule has 0 aromatic carbocycles. The maximum Gasteiger partial charge on any atom is 0.427 e. The first-order valence-electron chi connectivity index (χ1n) is 8.60. The molecule has 2 aliphatic rings. The smallest absolute Gasteiger partial charge is 0.427 e. The van der Waals surface area contributed by atoms with Gasteiger partial charge in [-0.3, -0.25) is 4.79 Å². The number of hydrogen-bond acceptors (Lipinski definition) is 6.